The van der Waals surface area contributed by atoms with Crippen LogP contribution in [0, 0.1) is 5.82 Å². The summed E-state index contributed by atoms with van der Waals surface area (Å²) in [5.41, 5.74) is 0.367. The van der Waals surface area contributed by atoms with Gasteiger partial charge in [-0.25, -0.2) is 17.9 Å². The van der Waals surface area contributed by atoms with Crippen LogP contribution in [0.1, 0.15) is 10.4 Å². The predicted octanol–water partition coefficient (Wildman–Crippen LogP) is 1.75. The Morgan fingerprint density at radius 2 is 1.67 bits per heavy atom. The van der Waals surface area contributed by atoms with E-state index in [1.54, 1.807) is 6.07 Å². The number of carbonyl (C=O) groups excluding carboxylic acids is 1. The monoisotopic (exact) mass is 308 g/mol. The molecule has 0 aliphatic rings. The Labute approximate surface area is 121 Å². The Balaban J connectivity index is 2.30. The molecule has 0 aliphatic carbocycles. The number of sulfonamides is 1. The number of benzene rings is 2. The van der Waals surface area contributed by atoms with E-state index in [1.807, 2.05) is 0 Å². The zero-order chi connectivity index (χ0) is 15.6. The van der Waals surface area contributed by atoms with Gasteiger partial charge in [0.2, 0.25) is 10.0 Å². The van der Waals surface area contributed by atoms with E-state index in [1.165, 1.54) is 54.4 Å². The third-order valence-corrected chi connectivity index (χ3v) is 3.89. The second-order valence-electron chi connectivity index (χ2n) is 4.38. The van der Waals surface area contributed by atoms with E-state index >= 15 is 0 Å². The first-order valence-electron chi connectivity index (χ1n) is 5.96. The molecule has 0 saturated heterocycles. The Morgan fingerprint density at radius 3 is 2.19 bits per heavy atom. The van der Waals surface area contributed by atoms with E-state index in [9.17, 15) is 17.6 Å². The van der Waals surface area contributed by atoms with Crippen LogP contribution in [0.15, 0.2) is 53.4 Å². The molecule has 110 valence electrons. The van der Waals surface area contributed by atoms with Crippen LogP contribution in [0.5, 0.6) is 0 Å². The number of nitrogens with two attached hydrogens (primary N) is 1. The molecular formula is C14H13FN2O3S. The maximum atomic E-state index is 13.6. The van der Waals surface area contributed by atoms with Crippen molar-refractivity contribution in [3.8, 4) is 0 Å². The maximum absolute atomic E-state index is 13.6. The van der Waals surface area contributed by atoms with Crippen LogP contribution in [-0.4, -0.2) is 21.4 Å². The highest BCUT2D eigenvalue weighted by molar-refractivity contribution is 7.89. The van der Waals surface area contributed by atoms with Gasteiger partial charge in [-0.15, -0.1) is 0 Å². The Morgan fingerprint density at radius 1 is 1.10 bits per heavy atom. The topological polar surface area (TPSA) is 80.5 Å². The number of amides is 1. The lowest BCUT2D eigenvalue weighted by Crippen LogP contribution is -2.27. The predicted molar refractivity (Wildman–Crippen MR) is 76.9 cm³/mol. The summed E-state index contributed by atoms with van der Waals surface area (Å²) in [5, 5.41) is 5.00. The van der Waals surface area contributed by atoms with Gasteiger partial charge in [-0.05, 0) is 36.4 Å². The quantitative estimate of drug-likeness (QED) is 0.938. The fourth-order valence-electron chi connectivity index (χ4n) is 1.79. The molecule has 2 aromatic rings. The first-order valence-corrected chi connectivity index (χ1v) is 7.51. The number of halogens is 1. The fraction of sp³-hybridized carbons (Fsp3) is 0.0714. The first-order chi connectivity index (χ1) is 9.80. The number of nitrogens with zero attached hydrogens (tertiary/aromatic N) is 1. The molecule has 21 heavy (non-hydrogen) atoms. The molecule has 1 amide bonds. The van der Waals surface area contributed by atoms with E-state index in [-0.39, 0.29) is 10.5 Å². The highest BCUT2D eigenvalue weighted by Gasteiger charge is 2.17. The van der Waals surface area contributed by atoms with Gasteiger partial charge in [-0.3, -0.25) is 4.79 Å². The molecule has 0 aromatic heterocycles. The lowest BCUT2D eigenvalue weighted by molar-refractivity contribution is 0.0989. The van der Waals surface area contributed by atoms with Crippen molar-refractivity contribution in [2.75, 3.05) is 11.9 Å². The molecule has 2 aromatic carbocycles. The Kier molecular flexibility index (Phi) is 4.06. The molecule has 0 radical (unpaired) electrons. The van der Waals surface area contributed by atoms with Crippen molar-refractivity contribution in [2.45, 2.75) is 4.90 Å². The number of primary sulfonamides is 1. The van der Waals surface area contributed by atoms with E-state index in [0.717, 1.165) is 0 Å². The molecule has 0 heterocycles. The lowest BCUT2D eigenvalue weighted by Gasteiger charge is -2.18. The summed E-state index contributed by atoms with van der Waals surface area (Å²) in [4.78, 5) is 13.4. The number of rotatable bonds is 3. The van der Waals surface area contributed by atoms with Crippen molar-refractivity contribution in [2.24, 2.45) is 5.14 Å². The minimum absolute atomic E-state index is 0.0574. The highest BCUT2D eigenvalue weighted by Crippen LogP contribution is 2.19. The van der Waals surface area contributed by atoms with Gasteiger partial charge in [-0.2, -0.15) is 0 Å². The number of hydrogen-bond acceptors (Lipinski definition) is 3. The number of hydrogen-bond donors (Lipinski definition) is 1. The molecule has 0 bridgehead atoms. The van der Waals surface area contributed by atoms with Crippen molar-refractivity contribution in [3.63, 3.8) is 0 Å². The fourth-order valence-corrected chi connectivity index (χ4v) is 2.31. The van der Waals surface area contributed by atoms with Gasteiger partial charge in [0.05, 0.1) is 10.5 Å². The van der Waals surface area contributed by atoms with Gasteiger partial charge in [0.1, 0.15) is 5.82 Å². The summed E-state index contributed by atoms with van der Waals surface area (Å²) in [5.74, 6) is -1.15. The normalized spacial score (nSPS) is 11.2. The van der Waals surface area contributed by atoms with Crippen molar-refractivity contribution >= 4 is 21.6 Å². The standard InChI is InChI=1S/C14H13FN2O3S/c1-17(14(18)12-4-2-3-5-13(12)15)10-6-8-11(9-7-10)21(16,19)20/h2-9H,1H3,(H2,16,19,20). The second kappa shape index (κ2) is 5.63. The van der Waals surface area contributed by atoms with Gasteiger partial charge in [-0.1, -0.05) is 12.1 Å². The zero-order valence-electron chi connectivity index (χ0n) is 11.2. The van der Waals surface area contributed by atoms with Crippen LogP contribution in [0.2, 0.25) is 0 Å². The van der Waals surface area contributed by atoms with Gasteiger partial charge in [0.15, 0.2) is 0 Å². The molecular weight excluding hydrogens is 295 g/mol. The van der Waals surface area contributed by atoms with Crippen LogP contribution < -0.4 is 10.0 Å². The molecule has 0 fully saturated rings. The average Bonchev–Trinajstić information content (AvgIpc) is 2.45. The van der Waals surface area contributed by atoms with E-state index in [4.69, 9.17) is 5.14 Å². The molecule has 0 aliphatic heterocycles. The third-order valence-electron chi connectivity index (χ3n) is 2.96. The molecule has 2 N–H and O–H groups in total. The first kappa shape index (κ1) is 15.1. The molecule has 0 saturated carbocycles. The van der Waals surface area contributed by atoms with E-state index in [0.29, 0.717) is 5.69 Å². The summed E-state index contributed by atoms with van der Waals surface area (Å²) in [6.07, 6.45) is 0. The SMILES string of the molecule is CN(C(=O)c1ccccc1F)c1ccc(S(N)(=O)=O)cc1. The third kappa shape index (κ3) is 3.26. The summed E-state index contributed by atoms with van der Waals surface area (Å²) >= 11 is 0. The average molecular weight is 308 g/mol. The largest absolute Gasteiger partial charge is 0.311 e. The van der Waals surface area contributed by atoms with Gasteiger partial charge >= 0.3 is 0 Å². The van der Waals surface area contributed by atoms with Crippen molar-refractivity contribution in [3.05, 3.63) is 59.9 Å². The van der Waals surface area contributed by atoms with E-state index < -0.39 is 21.7 Å². The Hall–Kier alpha value is -2.25. The van der Waals surface area contributed by atoms with Crippen LogP contribution in [0.25, 0.3) is 0 Å². The molecule has 0 unspecified atom stereocenters. The van der Waals surface area contributed by atoms with Gasteiger partial charge in [0, 0.05) is 12.7 Å². The summed E-state index contributed by atoms with van der Waals surface area (Å²) in [6.45, 7) is 0. The van der Waals surface area contributed by atoms with Crippen molar-refractivity contribution in [1.82, 2.24) is 0 Å². The minimum Gasteiger partial charge on any atom is -0.311 e. The molecule has 0 spiro atoms. The van der Waals surface area contributed by atoms with Crippen LogP contribution in [0.4, 0.5) is 10.1 Å². The van der Waals surface area contributed by atoms with Crippen LogP contribution >= 0.6 is 0 Å². The van der Waals surface area contributed by atoms with Gasteiger partial charge in [0.25, 0.3) is 5.91 Å². The summed E-state index contributed by atoms with van der Waals surface area (Å²) < 4.78 is 35.9. The molecule has 7 heteroatoms. The summed E-state index contributed by atoms with van der Waals surface area (Å²) in [6, 6.07) is 11.1. The zero-order valence-corrected chi connectivity index (χ0v) is 12.0. The maximum Gasteiger partial charge on any atom is 0.260 e. The minimum atomic E-state index is -3.79. The van der Waals surface area contributed by atoms with Crippen LogP contribution in [-0.2, 0) is 10.0 Å². The second-order valence-corrected chi connectivity index (χ2v) is 5.94. The lowest BCUT2D eigenvalue weighted by atomic mass is 10.2. The van der Waals surface area contributed by atoms with E-state index in [2.05, 4.69) is 0 Å². The molecule has 5 nitrogen and oxygen atoms in total. The smallest absolute Gasteiger partial charge is 0.260 e. The Bertz CT molecular complexity index is 773. The summed E-state index contributed by atoms with van der Waals surface area (Å²) in [7, 11) is -2.31. The highest BCUT2D eigenvalue weighted by atomic mass is 32.2. The number of anilines is 1. The number of carbonyl (C=O) groups is 1. The molecule has 0 atom stereocenters. The molecule has 2 rings (SSSR count). The van der Waals surface area contributed by atoms with Crippen molar-refractivity contribution < 1.29 is 17.6 Å². The van der Waals surface area contributed by atoms with Gasteiger partial charge < -0.3 is 4.90 Å². The van der Waals surface area contributed by atoms with Crippen molar-refractivity contribution in [1.29, 1.82) is 0 Å². The van der Waals surface area contributed by atoms with Crippen LogP contribution in [0.3, 0.4) is 0 Å².